The minimum absolute atomic E-state index is 0.0475. The van der Waals surface area contributed by atoms with Crippen LogP contribution in [0.1, 0.15) is 50.3 Å². The van der Waals surface area contributed by atoms with Crippen molar-refractivity contribution >= 4 is 50.7 Å². The SMILES string of the molecule is CCC(C)NC(=O)C(CC)N(Cc1c(Cl)cccc1Cl)C(=O)CN(c1c(C)cccc1C)S(C)(=O)=O. The van der Waals surface area contributed by atoms with Gasteiger partial charge >= 0.3 is 0 Å². The molecule has 0 heterocycles. The molecule has 7 nitrogen and oxygen atoms in total. The summed E-state index contributed by atoms with van der Waals surface area (Å²) in [6.07, 6.45) is 2.10. The Morgan fingerprint density at radius 3 is 1.97 bits per heavy atom. The van der Waals surface area contributed by atoms with Gasteiger partial charge in [0.25, 0.3) is 0 Å². The quantitative estimate of drug-likeness (QED) is 0.418. The van der Waals surface area contributed by atoms with Crippen LogP contribution in [-0.2, 0) is 26.2 Å². The maximum absolute atomic E-state index is 13.8. The van der Waals surface area contributed by atoms with E-state index in [1.807, 2.05) is 19.9 Å². The second-order valence-electron chi connectivity index (χ2n) is 8.97. The fourth-order valence-electron chi connectivity index (χ4n) is 3.99. The van der Waals surface area contributed by atoms with Gasteiger partial charge in [0.05, 0.1) is 11.9 Å². The number of para-hydroxylation sites is 1. The van der Waals surface area contributed by atoms with Crippen molar-refractivity contribution in [1.29, 1.82) is 0 Å². The van der Waals surface area contributed by atoms with Gasteiger partial charge in [-0.1, -0.05) is 61.3 Å². The fourth-order valence-corrected chi connectivity index (χ4v) is 5.47. The summed E-state index contributed by atoms with van der Waals surface area (Å²) in [5.41, 5.74) is 2.37. The normalized spacial score (nSPS) is 13.1. The standard InChI is InChI=1S/C26H35Cl2N3O4S/c1-7-19(5)29-26(33)23(8-2)30(15-20-21(27)13-10-14-22(20)28)24(32)16-31(36(6,34)35)25-17(3)11-9-12-18(25)4/h9-14,19,23H,7-8,15-16H2,1-6H3,(H,29,33). The molecule has 2 aromatic rings. The maximum Gasteiger partial charge on any atom is 0.244 e. The average molecular weight is 557 g/mol. The minimum Gasteiger partial charge on any atom is -0.352 e. The summed E-state index contributed by atoms with van der Waals surface area (Å²) in [5, 5.41) is 3.64. The lowest BCUT2D eigenvalue weighted by Gasteiger charge is -2.34. The van der Waals surface area contributed by atoms with Crippen LogP contribution >= 0.6 is 23.2 Å². The van der Waals surface area contributed by atoms with E-state index in [9.17, 15) is 18.0 Å². The number of benzene rings is 2. The van der Waals surface area contributed by atoms with E-state index in [-0.39, 0.29) is 18.5 Å². The molecule has 36 heavy (non-hydrogen) atoms. The molecule has 0 aliphatic heterocycles. The van der Waals surface area contributed by atoms with Crippen LogP contribution in [-0.4, -0.2) is 50.0 Å². The third-order valence-corrected chi connectivity index (χ3v) is 7.97. The molecule has 10 heteroatoms. The molecular weight excluding hydrogens is 521 g/mol. The first-order valence-electron chi connectivity index (χ1n) is 11.9. The van der Waals surface area contributed by atoms with Crippen LogP contribution in [0.2, 0.25) is 10.0 Å². The Hall–Kier alpha value is -2.29. The maximum atomic E-state index is 13.8. The highest BCUT2D eigenvalue weighted by Crippen LogP contribution is 2.29. The van der Waals surface area contributed by atoms with E-state index in [2.05, 4.69) is 5.32 Å². The van der Waals surface area contributed by atoms with Gasteiger partial charge in [-0.2, -0.15) is 0 Å². The molecule has 0 fully saturated rings. The zero-order valence-electron chi connectivity index (χ0n) is 21.6. The van der Waals surface area contributed by atoms with Crippen molar-refractivity contribution in [3.05, 3.63) is 63.1 Å². The largest absolute Gasteiger partial charge is 0.352 e. The highest BCUT2D eigenvalue weighted by molar-refractivity contribution is 7.92. The Kier molecular flexibility index (Phi) is 10.6. The topological polar surface area (TPSA) is 86.8 Å². The number of halogens is 2. The number of rotatable bonds is 11. The van der Waals surface area contributed by atoms with Crippen LogP contribution in [0, 0.1) is 13.8 Å². The molecule has 198 valence electrons. The third kappa shape index (κ3) is 7.37. The highest BCUT2D eigenvalue weighted by atomic mass is 35.5. The second-order valence-corrected chi connectivity index (χ2v) is 11.7. The number of anilines is 1. The van der Waals surface area contributed by atoms with Gasteiger partial charge in [-0.25, -0.2) is 8.42 Å². The number of nitrogens with one attached hydrogen (secondary N) is 1. The van der Waals surface area contributed by atoms with Crippen molar-refractivity contribution in [2.24, 2.45) is 0 Å². The van der Waals surface area contributed by atoms with E-state index in [4.69, 9.17) is 23.2 Å². The zero-order valence-corrected chi connectivity index (χ0v) is 24.0. The number of hydrogen-bond acceptors (Lipinski definition) is 4. The Balaban J connectivity index is 2.56. The first-order valence-corrected chi connectivity index (χ1v) is 14.5. The summed E-state index contributed by atoms with van der Waals surface area (Å²) >= 11 is 12.8. The van der Waals surface area contributed by atoms with Crippen molar-refractivity contribution in [3.8, 4) is 0 Å². The molecule has 2 atom stereocenters. The van der Waals surface area contributed by atoms with Crippen LogP contribution in [0.25, 0.3) is 0 Å². The smallest absolute Gasteiger partial charge is 0.244 e. The number of carbonyl (C=O) groups excluding carboxylic acids is 2. The van der Waals surface area contributed by atoms with Crippen LogP contribution in [0.15, 0.2) is 36.4 Å². The van der Waals surface area contributed by atoms with Crippen LogP contribution in [0.5, 0.6) is 0 Å². The minimum atomic E-state index is -3.82. The van der Waals surface area contributed by atoms with Crippen molar-refractivity contribution in [1.82, 2.24) is 10.2 Å². The van der Waals surface area contributed by atoms with Gasteiger partial charge in [-0.15, -0.1) is 0 Å². The third-order valence-electron chi connectivity index (χ3n) is 6.15. The molecule has 2 rings (SSSR count). The number of carbonyl (C=O) groups is 2. The molecule has 2 unspecified atom stereocenters. The predicted molar refractivity (Wildman–Crippen MR) is 147 cm³/mol. The molecular formula is C26H35Cl2N3O4S. The zero-order chi connectivity index (χ0) is 27.2. The van der Waals surface area contributed by atoms with Gasteiger partial charge in [-0.05, 0) is 56.9 Å². The summed E-state index contributed by atoms with van der Waals surface area (Å²) in [6.45, 7) is 8.70. The lowest BCUT2D eigenvalue weighted by atomic mass is 10.1. The molecule has 0 aliphatic carbocycles. The van der Waals surface area contributed by atoms with Crippen molar-refractivity contribution in [3.63, 3.8) is 0 Å². The fraction of sp³-hybridized carbons (Fsp3) is 0.462. The monoisotopic (exact) mass is 555 g/mol. The first kappa shape index (κ1) is 29.9. The van der Waals surface area contributed by atoms with Gasteiger partial charge < -0.3 is 10.2 Å². The number of aryl methyl sites for hydroxylation is 2. The Morgan fingerprint density at radius 2 is 1.50 bits per heavy atom. The molecule has 0 spiro atoms. The Morgan fingerprint density at radius 1 is 0.972 bits per heavy atom. The molecule has 0 bridgehead atoms. The van der Waals surface area contributed by atoms with Gasteiger partial charge in [0.1, 0.15) is 12.6 Å². The highest BCUT2D eigenvalue weighted by Gasteiger charge is 2.33. The summed E-state index contributed by atoms with van der Waals surface area (Å²) in [7, 11) is -3.82. The summed E-state index contributed by atoms with van der Waals surface area (Å²) in [5.74, 6) is -0.855. The van der Waals surface area contributed by atoms with Gasteiger partial charge in [0.2, 0.25) is 21.8 Å². The molecule has 1 N–H and O–H groups in total. The molecule has 0 saturated carbocycles. The van der Waals surface area contributed by atoms with Crippen molar-refractivity contribution in [2.45, 2.75) is 66.1 Å². The number of sulfonamides is 1. The van der Waals surface area contributed by atoms with Crippen LogP contribution in [0.3, 0.4) is 0 Å². The van der Waals surface area contributed by atoms with E-state index in [0.717, 1.165) is 28.1 Å². The Labute approximate surface area is 224 Å². The van der Waals surface area contributed by atoms with E-state index in [1.54, 1.807) is 51.1 Å². The summed E-state index contributed by atoms with van der Waals surface area (Å²) in [6, 6.07) is 9.49. The van der Waals surface area contributed by atoms with E-state index in [1.165, 1.54) is 4.90 Å². The second kappa shape index (κ2) is 12.8. The van der Waals surface area contributed by atoms with Crippen LogP contribution < -0.4 is 9.62 Å². The molecule has 0 aliphatic rings. The Bertz CT molecular complexity index is 1160. The first-order chi connectivity index (χ1) is 16.8. The molecule has 0 aromatic heterocycles. The summed E-state index contributed by atoms with van der Waals surface area (Å²) in [4.78, 5) is 28.4. The number of amides is 2. The van der Waals surface area contributed by atoms with Crippen molar-refractivity contribution < 1.29 is 18.0 Å². The van der Waals surface area contributed by atoms with E-state index < -0.39 is 28.5 Å². The van der Waals surface area contributed by atoms with Gasteiger partial charge in [0, 0.05) is 28.2 Å². The van der Waals surface area contributed by atoms with E-state index >= 15 is 0 Å². The number of hydrogen-bond donors (Lipinski definition) is 1. The predicted octanol–water partition coefficient (Wildman–Crippen LogP) is 5.10. The van der Waals surface area contributed by atoms with E-state index in [0.29, 0.717) is 27.7 Å². The lowest BCUT2D eigenvalue weighted by molar-refractivity contribution is -0.140. The number of nitrogens with zero attached hydrogens (tertiary/aromatic N) is 2. The average Bonchev–Trinajstić information content (AvgIpc) is 2.79. The van der Waals surface area contributed by atoms with Crippen molar-refractivity contribution in [2.75, 3.05) is 17.1 Å². The molecule has 2 aromatic carbocycles. The van der Waals surface area contributed by atoms with Crippen LogP contribution in [0.4, 0.5) is 5.69 Å². The molecule has 0 radical (unpaired) electrons. The lowest BCUT2D eigenvalue weighted by Crippen LogP contribution is -2.53. The van der Waals surface area contributed by atoms with Gasteiger partial charge in [-0.3, -0.25) is 13.9 Å². The molecule has 0 saturated heterocycles. The summed E-state index contributed by atoms with van der Waals surface area (Å²) < 4.78 is 26.8. The molecule has 2 amide bonds. The van der Waals surface area contributed by atoms with Gasteiger partial charge in [0.15, 0.2) is 0 Å².